The number of thiocarbonyl (C=S) groups is 1. The number of rotatable bonds is 4. The minimum atomic E-state index is -0.454. The third-order valence-corrected chi connectivity index (χ3v) is 6.89. The van der Waals surface area contributed by atoms with Gasteiger partial charge in [-0.15, -0.1) is 0 Å². The predicted octanol–water partition coefficient (Wildman–Crippen LogP) is 4.99. The Morgan fingerprint density at radius 3 is 2.58 bits per heavy atom. The van der Waals surface area contributed by atoms with E-state index in [4.69, 9.17) is 17.0 Å². The van der Waals surface area contributed by atoms with Crippen LogP contribution in [0.2, 0.25) is 0 Å². The van der Waals surface area contributed by atoms with Crippen LogP contribution in [-0.2, 0) is 4.79 Å². The van der Waals surface area contributed by atoms with Crippen LogP contribution in [0.15, 0.2) is 57.5 Å². The van der Waals surface area contributed by atoms with Gasteiger partial charge in [-0.05, 0) is 104 Å². The predicted molar refractivity (Wildman–Crippen MR) is 140 cm³/mol. The molecule has 0 aliphatic carbocycles. The summed E-state index contributed by atoms with van der Waals surface area (Å²) in [5.74, 6) is -0.285. The van der Waals surface area contributed by atoms with E-state index in [1.807, 2.05) is 37.3 Å². The summed E-state index contributed by atoms with van der Waals surface area (Å²) in [6.07, 6.45) is 0. The number of ether oxygens (including phenoxy) is 1. The molecule has 0 unspecified atom stereocenters. The molecule has 10 heteroatoms. The first kappa shape index (κ1) is 23.9. The fourth-order valence-electron chi connectivity index (χ4n) is 2.60. The molecular formula is C21H16Br2IN3O3S. The molecule has 160 valence electrons. The highest BCUT2D eigenvalue weighted by molar-refractivity contribution is 14.1. The lowest BCUT2D eigenvalue weighted by Crippen LogP contribution is -2.49. The second-order valence-electron chi connectivity index (χ2n) is 6.45. The van der Waals surface area contributed by atoms with E-state index in [0.29, 0.717) is 11.3 Å². The first-order chi connectivity index (χ1) is 14.7. The highest BCUT2D eigenvalue weighted by Gasteiger charge is 2.12. The quantitative estimate of drug-likeness (QED) is 0.206. The molecular weight excluding hydrogens is 661 g/mol. The monoisotopic (exact) mass is 675 g/mol. The van der Waals surface area contributed by atoms with Crippen molar-refractivity contribution in [2.75, 3.05) is 6.61 Å². The van der Waals surface area contributed by atoms with Gasteiger partial charge < -0.3 is 4.74 Å². The summed E-state index contributed by atoms with van der Waals surface area (Å²) in [6, 6.07) is 14.9. The van der Waals surface area contributed by atoms with E-state index in [1.165, 1.54) is 0 Å². The Kier molecular flexibility index (Phi) is 8.25. The Morgan fingerprint density at radius 2 is 1.84 bits per heavy atom. The zero-order chi connectivity index (χ0) is 22.5. The number of aryl methyl sites for hydroxylation is 1. The molecule has 0 spiro atoms. The maximum absolute atomic E-state index is 12.3. The SMILES string of the molecule is Cc1ccc(C(=O)NC(=S)NNC(=O)COc2ccc3cc(Br)ccc3c2Br)cc1I. The van der Waals surface area contributed by atoms with E-state index < -0.39 is 5.91 Å². The van der Waals surface area contributed by atoms with E-state index in [-0.39, 0.29) is 17.6 Å². The van der Waals surface area contributed by atoms with Crippen LogP contribution in [-0.4, -0.2) is 23.5 Å². The van der Waals surface area contributed by atoms with E-state index in [9.17, 15) is 9.59 Å². The van der Waals surface area contributed by atoms with Crippen molar-refractivity contribution in [1.29, 1.82) is 0 Å². The molecule has 2 amide bonds. The second-order valence-corrected chi connectivity index (χ2v) is 9.73. The van der Waals surface area contributed by atoms with Crippen LogP contribution in [0, 0.1) is 10.5 Å². The zero-order valence-corrected chi connectivity index (χ0v) is 22.2. The third kappa shape index (κ3) is 6.37. The fourth-order valence-corrected chi connectivity index (χ4v) is 4.25. The smallest absolute Gasteiger partial charge is 0.276 e. The first-order valence-electron chi connectivity index (χ1n) is 8.91. The molecule has 3 rings (SSSR count). The van der Waals surface area contributed by atoms with E-state index >= 15 is 0 Å². The average Bonchev–Trinajstić information content (AvgIpc) is 2.73. The standard InChI is InChI=1S/C21H16Br2IN3O3S/c1-11-2-3-13(9-16(11)24)20(29)25-21(31)27-26-18(28)10-30-17-7-4-12-8-14(22)5-6-15(12)19(17)23/h2-9H,10H2,1H3,(H,26,28)(H2,25,27,29,31). The number of benzene rings is 3. The Morgan fingerprint density at radius 1 is 1.06 bits per heavy atom. The van der Waals surface area contributed by atoms with Crippen molar-refractivity contribution in [3.8, 4) is 5.75 Å². The molecule has 3 aromatic rings. The van der Waals surface area contributed by atoms with Gasteiger partial charge in [0.15, 0.2) is 11.7 Å². The molecule has 0 saturated carbocycles. The van der Waals surface area contributed by atoms with Crippen molar-refractivity contribution in [3.63, 3.8) is 0 Å². The maximum Gasteiger partial charge on any atom is 0.276 e. The molecule has 3 N–H and O–H groups in total. The van der Waals surface area contributed by atoms with Crippen LogP contribution in [0.25, 0.3) is 10.8 Å². The molecule has 3 aromatic carbocycles. The number of nitrogens with one attached hydrogen (secondary N) is 3. The maximum atomic E-state index is 12.3. The summed E-state index contributed by atoms with van der Waals surface area (Å²) < 4.78 is 8.31. The molecule has 0 saturated heterocycles. The second kappa shape index (κ2) is 10.7. The fraction of sp³-hybridized carbons (Fsp3) is 0.0952. The lowest BCUT2D eigenvalue weighted by molar-refractivity contribution is -0.123. The topological polar surface area (TPSA) is 79.5 Å². The van der Waals surface area contributed by atoms with Crippen LogP contribution in [0.4, 0.5) is 0 Å². The van der Waals surface area contributed by atoms with E-state index in [0.717, 1.165) is 28.9 Å². The number of fused-ring (bicyclic) bond motifs is 1. The minimum Gasteiger partial charge on any atom is -0.483 e. The Labute approximate surface area is 214 Å². The summed E-state index contributed by atoms with van der Waals surface area (Å²) in [5.41, 5.74) is 6.45. The highest BCUT2D eigenvalue weighted by atomic mass is 127. The average molecular weight is 677 g/mol. The Bertz CT molecular complexity index is 1190. The van der Waals surface area contributed by atoms with Crippen LogP contribution < -0.4 is 20.9 Å². The van der Waals surface area contributed by atoms with Crippen molar-refractivity contribution in [2.24, 2.45) is 0 Å². The largest absolute Gasteiger partial charge is 0.483 e. The number of halogens is 3. The Balaban J connectivity index is 1.50. The molecule has 0 aliphatic rings. The van der Waals surface area contributed by atoms with Crippen LogP contribution in [0.5, 0.6) is 5.75 Å². The lowest BCUT2D eigenvalue weighted by Gasteiger charge is -2.13. The van der Waals surface area contributed by atoms with Gasteiger partial charge in [-0.3, -0.25) is 25.8 Å². The zero-order valence-electron chi connectivity index (χ0n) is 16.1. The summed E-state index contributed by atoms with van der Waals surface area (Å²) in [6.45, 7) is 1.73. The van der Waals surface area contributed by atoms with Crippen LogP contribution in [0.3, 0.4) is 0 Å². The lowest BCUT2D eigenvalue weighted by atomic mass is 10.1. The van der Waals surface area contributed by atoms with Gasteiger partial charge >= 0.3 is 0 Å². The van der Waals surface area contributed by atoms with Crippen molar-refractivity contribution in [2.45, 2.75) is 6.92 Å². The summed E-state index contributed by atoms with van der Waals surface area (Å²) in [5, 5.41) is 4.49. The molecule has 0 bridgehead atoms. The third-order valence-electron chi connectivity index (χ3n) is 4.22. The molecule has 0 aromatic heterocycles. The van der Waals surface area contributed by atoms with Crippen molar-refractivity contribution in [1.82, 2.24) is 16.2 Å². The van der Waals surface area contributed by atoms with Crippen molar-refractivity contribution < 1.29 is 14.3 Å². The van der Waals surface area contributed by atoms with Gasteiger partial charge in [0.05, 0.1) is 4.47 Å². The van der Waals surface area contributed by atoms with Crippen LogP contribution in [0.1, 0.15) is 15.9 Å². The highest BCUT2D eigenvalue weighted by Crippen LogP contribution is 2.34. The van der Waals surface area contributed by atoms with Gasteiger partial charge in [0.1, 0.15) is 5.75 Å². The van der Waals surface area contributed by atoms with Gasteiger partial charge in [0.25, 0.3) is 11.8 Å². The van der Waals surface area contributed by atoms with E-state index in [1.54, 1.807) is 18.2 Å². The summed E-state index contributed by atoms with van der Waals surface area (Å²) in [7, 11) is 0. The molecule has 31 heavy (non-hydrogen) atoms. The van der Waals surface area contributed by atoms with Crippen LogP contribution >= 0.6 is 66.7 Å². The Hall–Kier alpha value is -1.76. The summed E-state index contributed by atoms with van der Waals surface area (Å²) in [4.78, 5) is 24.3. The molecule has 6 nitrogen and oxygen atoms in total. The summed E-state index contributed by atoms with van der Waals surface area (Å²) >= 11 is 14.2. The van der Waals surface area contributed by atoms with Gasteiger partial charge in [-0.2, -0.15) is 0 Å². The van der Waals surface area contributed by atoms with E-state index in [2.05, 4.69) is 70.6 Å². The minimum absolute atomic E-state index is 0.0219. The number of hydrogen-bond acceptors (Lipinski definition) is 4. The number of hydrazine groups is 1. The normalized spacial score (nSPS) is 10.5. The molecule has 0 heterocycles. The first-order valence-corrected chi connectivity index (χ1v) is 12.0. The number of carbonyl (C=O) groups excluding carboxylic acids is 2. The van der Waals surface area contributed by atoms with Gasteiger partial charge in [0, 0.05) is 13.6 Å². The van der Waals surface area contributed by atoms with Gasteiger partial charge in [-0.1, -0.05) is 34.1 Å². The van der Waals surface area contributed by atoms with Crippen molar-refractivity contribution >= 4 is 94.4 Å². The number of carbonyl (C=O) groups is 2. The molecule has 0 atom stereocenters. The van der Waals surface area contributed by atoms with Gasteiger partial charge in [-0.25, -0.2) is 0 Å². The number of hydrogen-bond donors (Lipinski definition) is 3. The number of amides is 2. The molecule has 0 fully saturated rings. The van der Waals surface area contributed by atoms with Crippen molar-refractivity contribution in [3.05, 3.63) is 72.2 Å². The van der Waals surface area contributed by atoms with Gasteiger partial charge in [0.2, 0.25) is 0 Å². The molecule has 0 aliphatic heterocycles. The molecule has 0 radical (unpaired) electrons.